The Balaban J connectivity index is 3.32. The van der Waals surface area contributed by atoms with Crippen molar-refractivity contribution < 1.29 is 40.0 Å². The number of ether oxygens (including phenoxy) is 2. The number of alkyl halides is 3. The summed E-state index contributed by atoms with van der Waals surface area (Å²) < 4.78 is 71.7. The molecule has 0 saturated heterocycles. The first-order chi connectivity index (χ1) is 9.53. The summed E-state index contributed by atoms with van der Waals surface area (Å²) in [4.78, 5) is 11.4. The number of hydrogen-bond acceptors (Lipinski definition) is 6. The summed E-state index contributed by atoms with van der Waals surface area (Å²) in [5.41, 5.74) is -5.70. The predicted octanol–water partition coefficient (Wildman–Crippen LogP) is 2.47. The van der Waals surface area contributed by atoms with E-state index in [-0.39, 0.29) is 15.8 Å². The van der Waals surface area contributed by atoms with E-state index in [9.17, 15) is 26.4 Å². The molecule has 0 aliphatic heterocycles. The van der Waals surface area contributed by atoms with E-state index in [0.717, 1.165) is 26.4 Å². The lowest BCUT2D eigenvalue weighted by Crippen LogP contribution is -2.28. The number of benzene rings is 1. The van der Waals surface area contributed by atoms with Crippen LogP contribution in [0.15, 0.2) is 16.6 Å². The Morgan fingerprint density at radius 1 is 1.19 bits per heavy atom. The summed E-state index contributed by atoms with van der Waals surface area (Å²) in [6.07, 6.45) is 0. The molecule has 0 aliphatic rings. The van der Waals surface area contributed by atoms with Crippen LogP contribution in [0.1, 0.15) is 10.4 Å². The Labute approximate surface area is 126 Å². The largest absolute Gasteiger partial charge is 0.534 e. The maximum atomic E-state index is 12.3. The molecule has 0 fully saturated rings. The third-order valence-corrected chi connectivity index (χ3v) is 3.73. The van der Waals surface area contributed by atoms with E-state index in [0.29, 0.717) is 0 Å². The minimum atomic E-state index is -5.84. The van der Waals surface area contributed by atoms with Gasteiger partial charge in [0.1, 0.15) is 11.3 Å². The van der Waals surface area contributed by atoms with Crippen molar-refractivity contribution in [3.8, 4) is 11.5 Å². The van der Waals surface area contributed by atoms with Gasteiger partial charge in [0, 0.05) is 6.07 Å². The fourth-order valence-electron chi connectivity index (χ4n) is 1.20. The molecule has 1 rings (SSSR count). The topological polar surface area (TPSA) is 78.9 Å². The lowest BCUT2D eigenvalue weighted by atomic mass is 10.2. The summed E-state index contributed by atoms with van der Waals surface area (Å²) in [5, 5.41) is 0. The summed E-state index contributed by atoms with van der Waals surface area (Å²) in [5.74, 6) is -1.72. The number of hydrogen-bond donors (Lipinski definition) is 0. The van der Waals surface area contributed by atoms with E-state index in [1.165, 1.54) is 0 Å². The van der Waals surface area contributed by atoms with Gasteiger partial charge in [0.2, 0.25) is 0 Å². The Morgan fingerprint density at radius 2 is 1.76 bits per heavy atom. The zero-order valence-electron chi connectivity index (χ0n) is 10.5. The van der Waals surface area contributed by atoms with Gasteiger partial charge in [0.05, 0.1) is 18.7 Å². The Kier molecular flexibility index (Phi) is 5.10. The molecule has 6 nitrogen and oxygen atoms in total. The van der Waals surface area contributed by atoms with Gasteiger partial charge < -0.3 is 13.7 Å². The molecular weight excluding hydrogens is 385 g/mol. The van der Waals surface area contributed by atoms with Crippen molar-refractivity contribution in [2.75, 3.05) is 14.2 Å². The molecule has 0 radical (unpaired) electrons. The Morgan fingerprint density at radius 3 is 2.19 bits per heavy atom. The fourth-order valence-corrected chi connectivity index (χ4v) is 2.20. The molecule has 0 aliphatic carbocycles. The van der Waals surface area contributed by atoms with Crippen molar-refractivity contribution in [1.82, 2.24) is 0 Å². The highest BCUT2D eigenvalue weighted by molar-refractivity contribution is 9.10. The molecule has 0 spiro atoms. The van der Waals surface area contributed by atoms with Gasteiger partial charge in [-0.1, -0.05) is 0 Å². The van der Waals surface area contributed by atoms with Gasteiger partial charge in [0.25, 0.3) is 0 Å². The molecular formula is C10H8BrF3O6S. The average molecular weight is 393 g/mol. The van der Waals surface area contributed by atoms with E-state index in [1.54, 1.807) is 0 Å². The summed E-state index contributed by atoms with van der Waals surface area (Å²) >= 11 is 2.81. The van der Waals surface area contributed by atoms with Crippen LogP contribution < -0.4 is 8.92 Å². The molecule has 0 aromatic heterocycles. The second kappa shape index (κ2) is 6.10. The second-order valence-corrected chi connectivity index (χ2v) is 5.85. The van der Waals surface area contributed by atoms with Crippen molar-refractivity contribution in [3.05, 3.63) is 22.2 Å². The molecule has 11 heteroatoms. The smallest absolute Gasteiger partial charge is 0.496 e. The van der Waals surface area contributed by atoms with Crippen LogP contribution in [0.5, 0.6) is 11.5 Å². The zero-order valence-corrected chi connectivity index (χ0v) is 12.9. The molecule has 0 saturated carbocycles. The fraction of sp³-hybridized carbons (Fsp3) is 0.300. The SMILES string of the molecule is COC(=O)c1cc(Br)c(OS(=O)(=O)C(F)(F)F)cc1OC. The van der Waals surface area contributed by atoms with Gasteiger partial charge >= 0.3 is 21.6 Å². The molecule has 0 atom stereocenters. The van der Waals surface area contributed by atoms with Crippen LogP contribution in [0.3, 0.4) is 0 Å². The predicted molar refractivity (Wildman–Crippen MR) is 67.6 cm³/mol. The Hall–Kier alpha value is -1.49. The number of esters is 1. The van der Waals surface area contributed by atoms with Crippen LogP contribution in [0.4, 0.5) is 13.2 Å². The highest BCUT2D eigenvalue weighted by Gasteiger charge is 2.48. The number of halogens is 4. The van der Waals surface area contributed by atoms with Crippen LogP contribution in [-0.2, 0) is 14.9 Å². The van der Waals surface area contributed by atoms with Crippen molar-refractivity contribution in [3.63, 3.8) is 0 Å². The van der Waals surface area contributed by atoms with E-state index < -0.39 is 27.3 Å². The molecule has 0 amide bonds. The normalized spacial score (nSPS) is 11.9. The number of rotatable bonds is 4. The van der Waals surface area contributed by atoms with Crippen LogP contribution in [0.25, 0.3) is 0 Å². The lowest BCUT2D eigenvalue weighted by molar-refractivity contribution is -0.0500. The van der Waals surface area contributed by atoms with Crippen molar-refractivity contribution in [1.29, 1.82) is 0 Å². The van der Waals surface area contributed by atoms with Crippen LogP contribution in [0.2, 0.25) is 0 Å². The van der Waals surface area contributed by atoms with Gasteiger partial charge in [-0.05, 0) is 22.0 Å². The highest BCUT2D eigenvalue weighted by atomic mass is 79.9. The molecule has 0 N–H and O–H groups in total. The Bertz CT molecular complexity index is 655. The van der Waals surface area contributed by atoms with E-state index in [1.807, 2.05) is 0 Å². The molecule has 21 heavy (non-hydrogen) atoms. The molecule has 1 aromatic rings. The quantitative estimate of drug-likeness (QED) is 0.444. The summed E-state index contributed by atoms with van der Waals surface area (Å²) in [6, 6.07) is 1.84. The van der Waals surface area contributed by atoms with Gasteiger partial charge in [-0.2, -0.15) is 21.6 Å². The highest BCUT2D eigenvalue weighted by Crippen LogP contribution is 2.36. The number of carbonyl (C=O) groups is 1. The third-order valence-electron chi connectivity index (χ3n) is 2.14. The number of methoxy groups -OCH3 is 2. The standard InChI is InChI=1S/C10H8BrF3O6S/c1-18-7-4-8(20-21(16,17)10(12,13)14)6(11)3-5(7)9(15)19-2/h3-4H,1-2H3. The van der Waals surface area contributed by atoms with Crippen LogP contribution >= 0.6 is 15.9 Å². The summed E-state index contributed by atoms with van der Waals surface area (Å²) in [6.45, 7) is 0. The minimum Gasteiger partial charge on any atom is -0.496 e. The van der Waals surface area contributed by atoms with Crippen molar-refractivity contribution in [2.24, 2.45) is 0 Å². The molecule has 0 heterocycles. The average Bonchev–Trinajstić information content (AvgIpc) is 2.38. The van der Waals surface area contributed by atoms with Gasteiger partial charge in [0.15, 0.2) is 5.75 Å². The van der Waals surface area contributed by atoms with E-state index >= 15 is 0 Å². The first kappa shape index (κ1) is 17.6. The van der Waals surface area contributed by atoms with Crippen molar-refractivity contribution >= 4 is 32.0 Å². The molecule has 0 bridgehead atoms. The second-order valence-electron chi connectivity index (χ2n) is 3.46. The monoisotopic (exact) mass is 392 g/mol. The number of carbonyl (C=O) groups excluding carboxylic acids is 1. The third kappa shape index (κ3) is 3.79. The van der Waals surface area contributed by atoms with Crippen molar-refractivity contribution in [2.45, 2.75) is 5.51 Å². The maximum Gasteiger partial charge on any atom is 0.534 e. The van der Waals surface area contributed by atoms with Crippen LogP contribution in [-0.4, -0.2) is 34.1 Å². The molecule has 0 unspecified atom stereocenters. The first-order valence-electron chi connectivity index (χ1n) is 5.00. The lowest BCUT2D eigenvalue weighted by Gasteiger charge is -2.13. The van der Waals surface area contributed by atoms with Gasteiger partial charge in [-0.25, -0.2) is 4.79 Å². The van der Waals surface area contributed by atoms with Crippen LogP contribution in [0, 0.1) is 0 Å². The minimum absolute atomic E-state index is 0.122. The first-order valence-corrected chi connectivity index (χ1v) is 7.20. The zero-order chi connectivity index (χ0) is 16.4. The van der Waals surface area contributed by atoms with E-state index in [2.05, 4.69) is 24.8 Å². The summed E-state index contributed by atoms with van der Waals surface area (Å²) in [7, 11) is -3.61. The maximum absolute atomic E-state index is 12.3. The molecule has 1 aromatic carbocycles. The molecule has 118 valence electrons. The van der Waals surface area contributed by atoms with Gasteiger partial charge in [-0.3, -0.25) is 0 Å². The van der Waals surface area contributed by atoms with E-state index in [4.69, 9.17) is 4.74 Å². The van der Waals surface area contributed by atoms with Gasteiger partial charge in [-0.15, -0.1) is 0 Å².